The number of hydrogen-bond donors (Lipinski definition) is 0. The Morgan fingerprint density at radius 1 is 1.75 bits per heavy atom. The van der Waals surface area contributed by atoms with Crippen LogP contribution in [-0.4, -0.2) is 4.98 Å². The second-order valence-electron chi connectivity index (χ2n) is 1.23. The smallest absolute Gasteiger partial charge is 0.264 e. The van der Waals surface area contributed by atoms with Crippen molar-refractivity contribution in [2.45, 2.75) is 5.33 Å². The van der Waals surface area contributed by atoms with Gasteiger partial charge in [0.15, 0.2) is 0 Å². The van der Waals surface area contributed by atoms with Crippen LogP contribution in [0, 0.1) is 0 Å². The van der Waals surface area contributed by atoms with E-state index in [-0.39, 0.29) is 0 Å². The summed E-state index contributed by atoms with van der Waals surface area (Å²) in [6.45, 7) is 0. The number of halogens is 2. The van der Waals surface area contributed by atoms with Crippen molar-refractivity contribution in [3.63, 3.8) is 0 Å². The van der Waals surface area contributed by atoms with Gasteiger partial charge in [-0.3, -0.25) is 0 Å². The molecule has 0 N–H and O–H groups in total. The maximum atomic E-state index is 4.83. The van der Waals surface area contributed by atoms with E-state index in [0.29, 0.717) is 4.80 Å². The Morgan fingerprint density at radius 3 is 2.75 bits per heavy atom. The molecule has 0 fully saturated rings. The van der Waals surface area contributed by atoms with E-state index in [1.54, 1.807) is 6.26 Å². The number of nitrogens with zero attached hydrogens (tertiary/aromatic N) is 1. The Hall–Kier alpha value is 0.170. The van der Waals surface area contributed by atoms with Crippen molar-refractivity contribution in [2.75, 3.05) is 0 Å². The van der Waals surface area contributed by atoms with Gasteiger partial charge in [0.05, 0.1) is 5.69 Å². The molecule has 2 nitrogen and oxygen atoms in total. The third kappa shape index (κ3) is 1.32. The van der Waals surface area contributed by atoms with Crippen LogP contribution in [0.15, 0.2) is 15.5 Å². The van der Waals surface area contributed by atoms with Crippen LogP contribution in [-0.2, 0) is 5.33 Å². The maximum Gasteiger partial charge on any atom is 0.264 e. The van der Waals surface area contributed by atoms with Crippen LogP contribution >= 0.6 is 31.9 Å². The monoisotopic (exact) mass is 239 g/mol. The van der Waals surface area contributed by atoms with Crippen LogP contribution in [0.3, 0.4) is 0 Å². The Bertz CT molecular complexity index is 174. The van der Waals surface area contributed by atoms with Gasteiger partial charge < -0.3 is 4.42 Å². The third-order valence-corrected chi connectivity index (χ3v) is 1.60. The molecule has 0 aliphatic heterocycles. The SMILES string of the molecule is BrCc1coc(Br)n1. The highest BCUT2D eigenvalue weighted by molar-refractivity contribution is 9.10. The Morgan fingerprint density at radius 2 is 2.50 bits per heavy atom. The van der Waals surface area contributed by atoms with E-state index in [4.69, 9.17) is 4.42 Å². The lowest BCUT2D eigenvalue weighted by molar-refractivity contribution is 0.528. The summed E-state index contributed by atoms with van der Waals surface area (Å²) in [7, 11) is 0. The summed E-state index contributed by atoms with van der Waals surface area (Å²) in [5.41, 5.74) is 0.900. The van der Waals surface area contributed by atoms with Gasteiger partial charge >= 0.3 is 0 Å². The van der Waals surface area contributed by atoms with Crippen molar-refractivity contribution in [2.24, 2.45) is 0 Å². The van der Waals surface area contributed by atoms with Gasteiger partial charge in [-0.25, -0.2) is 4.98 Å². The normalized spacial score (nSPS) is 9.75. The van der Waals surface area contributed by atoms with E-state index in [2.05, 4.69) is 36.8 Å². The van der Waals surface area contributed by atoms with Crippen molar-refractivity contribution in [3.8, 4) is 0 Å². The highest BCUT2D eigenvalue weighted by Gasteiger charge is 1.95. The summed E-state index contributed by atoms with van der Waals surface area (Å²) in [6.07, 6.45) is 1.60. The maximum absolute atomic E-state index is 4.83. The second-order valence-corrected chi connectivity index (χ2v) is 2.46. The van der Waals surface area contributed by atoms with Crippen molar-refractivity contribution in [1.82, 2.24) is 4.98 Å². The van der Waals surface area contributed by atoms with Crippen LogP contribution in [0.2, 0.25) is 0 Å². The van der Waals surface area contributed by atoms with Crippen molar-refractivity contribution in [3.05, 3.63) is 16.8 Å². The Labute approximate surface area is 63.5 Å². The zero-order valence-electron chi connectivity index (χ0n) is 3.90. The van der Waals surface area contributed by atoms with Crippen molar-refractivity contribution in [1.29, 1.82) is 0 Å². The van der Waals surface area contributed by atoms with E-state index in [1.807, 2.05) is 0 Å². The number of rotatable bonds is 1. The molecule has 0 saturated heterocycles. The fourth-order valence-corrected chi connectivity index (χ4v) is 0.922. The quantitative estimate of drug-likeness (QED) is 0.705. The Balaban J connectivity index is 2.84. The first-order chi connectivity index (χ1) is 3.83. The topological polar surface area (TPSA) is 26.0 Å². The lowest BCUT2D eigenvalue weighted by atomic mass is 10.6. The molecule has 0 unspecified atom stereocenters. The summed E-state index contributed by atoms with van der Waals surface area (Å²) >= 11 is 6.30. The van der Waals surface area contributed by atoms with Gasteiger partial charge in [-0.2, -0.15) is 0 Å². The zero-order valence-corrected chi connectivity index (χ0v) is 7.07. The molecule has 1 heterocycles. The molecule has 0 aromatic carbocycles. The molecular formula is C4H3Br2NO. The molecule has 0 spiro atoms. The molecule has 0 amide bonds. The van der Waals surface area contributed by atoms with Gasteiger partial charge in [0.25, 0.3) is 4.80 Å². The molecule has 1 aromatic heterocycles. The lowest BCUT2D eigenvalue weighted by Crippen LogP contribution is -1.71. The second kappa shape index (κ2) is 2.64. The minimum atomic E-state index is 0.534. The molecule has 8 heavy (non-hydrogen) atoms. The molecule has 0 atom stereocenters. The largest absolute Gasteiger partial charge is 0.439 e. The molecular weight excluding hydrogens is 238 g/mol. The minimum absolute atomic E-state index is 0.534. The van der Waals surface area contributed by atoms with Gasteiger partial charge in [-0.05, 0) is 0 Å². The predicted molar refractivity (Wildman–Crippen MR) is 36.8 cm³/mol. The van der Waals surface area contributed by atoms with Gasteiger partial charge in [0.2, 0.25) is 0 Å². The number of hydrogen-bond acceptors (Lipinski definition) is 2. The summed E-state index contributed by atoms with van der Waals surface area (Å²) in [4.78, 5) is 4.47. The molecule has 1 rings (SSSR count). The number of alkyl halides is 1. The van der Waals surface area contributed by atoms with E-state index in [0.717, 1.165) is 11.0 Å². The van der Waals surface area contributed by atoms with Crippen molar-refractivity contribution < 1.29 is 4.42 Å². The van der Waals surface area contributed by atoms with Gasteiger partial charge in [0, 0.05) is 21.3 Å². The zero-order chi connectivity index (χ0) is 5.98. The summed E-state index contributed by atoms with van der Waals surface area (Å²) in [6, 6.07) is 0. The molecule has 0 aliphatic carbocycles. The van der Waals surface area contributed by atoms with Crippen LogP contribution in [0.25, 0.3) is 0 Å². The van der Waals surface area contributed by atoms with Crippen LogP contribution in [0.4, 0.5) is 0 Å². The van der Waals surface area contributed by atoms with E-state index < -0.39 is 0 Å². The number of aromatic nitrogens is 1. The molecule has 0 radical (unpaired) electrons. The van der Waals surface area contributed by atoms with E-state index in [1.165, 1.54) is 0 Å². The van der Waals surface area contributed by atoms with Gasteiger partial charge in [-0.15, -0.1) is 0 Å². The fraction of sp³-hybridized carbons (Fsp3) is 0.250. The molecule has 1 aromatic rings. The minimum Gasteiger partial charge on any atom is -0.439 e. The Kier molecular flexibility index (Phi) is 2.08. The first-order valence-electron chi connectivity index (χ1n) is 1.99. The molecule has 0 saturated carbocycles. The van der Waals surface area contributed by atoms with Gasteiger partial charge in [0.1, 0.15) is 6.26 Å². The lowest BCUT2D eigenvalue weighted by Gasteiger charge is -1.74. The molecule has 44 valence electrons. The standard InChI is InChI=1S/C4H3Br2NO/c5-1-3-2-8-4(6)7-3/h2H,1H2. The van der Waals surface area contributed by atoms with E-state index >= 15 is 0 Å². The first-order valence-corrected chi connectivity index (χ1v) is 3.90. The first kappa shape index (κ1) is 6.29. The van der Waals surface area contributed by atoms with Crippen LogP contribution < -0.4 is 0 Å². The molecule has 0 aliphatic rings. The van der Waals surface area contributed by atoms with Crippen LogP contribution in [0.5, 0.6) is 0 Å². The summed E-state index contributed by atoms with van der Waals surface area (Å²) in [5, 5.41) is 0.738. The van der Waals surface area contributed by atoms with E-state index in [9.17, 15) is 0 Å². The van der Waals surface area contributed by atoms with Crippen LogP contribution in [0.1, 0.15) is 5.69 Å². The highest BCUT2D eigenvalue weighted by Crippen LogP contribution is 2.10. The number of oxazole rings is 1. The van der Waals surface area contributed by atoms with Gasteiger partial charge in [-0.1, -0.05) is 15.9 Å². The average molecular weight is 241 g/mol. The predicted octanol–water partition coefficient (Wildman–Crippen LogP) is 2.33. The summed E-state index contributed by atoms with van der Waals surface area (Å²) < 4.78 is 4.83. The van der Waals surface area contributed by atoms with Crippen molar-refractivity contribution >= 4 is 31.9 Å². The average Bonchev–Trinajstić information content (AvgIpc) is 2.14. The molecule has 4 heteroatoms. The third-order valence-electron chi connectivity index (χ3n) is 0.661. The highest BCUT2D eigenvalue weighted by atomic mass is 79.9. The summed E-state index contributed by atoms with van der Waals surface area (Å²) in [5.74, 6) is 0. The molecule has 0 bridgehead atoms. The fourth-order valence-electron chi connectivity index (χ4n) is 0.344.